The monoisotopic (exact) mass is 227 g/mol. The fraction of sp³-hybridized carbons (Fsp3) is 0.833. The Balaban J connectivity index is 2.67. The van der Waals surface area contributed by atoms with E-state index >= 15 is 0 Å². The largest absolute Gasteiger partial charge is 0.465 e. The zero-order valence-corrected chi connectivity index (χ0v) is 10.3. The molecule has 4 heteroatoms. The maximum Gasteiger partial charge on any atom is 0.407 e. The number of carbonyl (C=O) groups excluding carboxylic acids is 1. The first-order chi connectivity index (χ1) is 7.28. The van der Waals surface area contributed by atoms with E-state index in [-0.39, 0.29) is 17.1 Å². The van der Waals surface area contributed by atoms with Gasteiger partial charge >= 0.3 is 6.09 Å². The van der Waals surface area contributed by atoms with Crippen LogP contribution >= 0.6 is 0 Å². The number of rotatable bonds is 1. The highest BCUT2D eigenvalue weighted by Crippen LogP contribution is 2.28. The van der Waals surface area contributed by atoms with Gasteiger partial charge in [0.1, 0.15) is 5.78 Å². The molecule has 0 saturated carbocycles. The second-order valence-electron chi connectivity index (χ2n) is 5.85. The van der Waals surface area contributed by atoms with Crippen molar-refractivity contribution in [1.82, 2.24) is 4.90 Å². The SMILES string of the molecule is CC(C)(C)CC1CC(=O)CCN(C(=O)O)C1. The Morgan fingerprint density at radius 2 is 2.12 bits per heavy atom. The molecule has 1 heterocycles. The van der Waals surface area contributed by atoms with Crippen LogP contribution in [0.3, 0.4) is 0 Å². The Hall–Kier alpha value is -1.06. The van der Waals surface area contributed by atoms with Crippen molar-refractivity contribution in [3.63, 3.8) is 0 Å². The summed E-state index contributed by atoms with van der Waals surface area (Å²) in [6, 6.07) is 0. The summed E-state index contributed by atoms with van der Waals surface area (Å²) in [5, 5.41) is 8.98. The third-order valence-corrected chi connectivity index (χ3v) is 2.83. The van der Waals surface area contributed by atoms with Crippen molar-refractivity contribution >= 4 is 11.9 Å². The van der Waals surface area contributed by atoms with E-state index in [1.54, 1.807) is 0 Å². The number of nitrogens with zero attached hydrogens (tertiary/aromatic N) is 1. The number of likely N-dealkylation sites (tertiary alicyclic amines) is 1. The lowest BCUT2D eigenvalue weighted by molar-refractivity contribution is -0.119. The molecule has 1 rings (SSSR count). The Kier molecular flexibility index (Phi) is 3.94. The Morgan fingerprint density at radius 3 is 2.62 bits per heavy atom. The molecular weight excluding hydrogens is 206 g/mol. The van der Waals surface area contributed by atoms with Gasteiger partial charge in [0.05, 0.1) is 0 Å². The van der Waals surface area contributed by atoms with Crippen LogP contribution in [-0.4, -0.2) is 35.0 Å². The Bertz CT molecular complexity index is 280. The molecule has 4 nitrogen and oxygen atoms in total. The molecule has 0 bridgehead atoms. The van der Waals surface area contributed by atoms with Gasteiger partial charge < -0.3 is 10.0 Å². The summed E-state index contributed by atoms with van der Waals surface area (Å²) in [5.74, 6) is 0.365. The number of amides is 1. The van der Waals surface area contributed by atoms with E-state index in [1.165, 1.54) is 4.90 Å². The summed E-state index contributed by atoms with van der Waals surface area (Å²) in [6.45, 7) is 7.21. The van der Waals surface area contributed by atoms with Crippen molar-refractivity contribution in [2.45, 2.75) is 40.0 Å². The highest BCUT2D eigenvalue weighted by Gasteiger charge is 2.28. The Labute approximate surface area is 96.6 Å². The number of hydrogen-bond donors (Lipinski definition) is 1. The van der Waals surface area contributed by atoms with E-state index in [1.807, 2.05) is 0 Å². The second-order valence-corrected chi connectivity index (χ2v) is 5.85. The summed E-state index contributed by atoms with van der Waals surface area (Å²) >= 11 is 0. The van der Waals surface area contributed by atoms with Crippen molar-refractivity contribution in [3.8, 4) is 0 Å². The Morgan fingerprint density at radius 1 is 1.50 bits per heavy atom. The first kappa shape index (κ1) is 13.0. The highest BCUT2D eigenvalue weighted by molar-refractivity contribution is 5.80. The van der Waals surface area contributed by atoms with Gasteiger partial charge in [-0.25, -0.2) is 4.79 Å². The van der Waals surface area contributed by atoms with E-state index < -0.39 is 6.09 Å². The fourth-order valence-corrected chi connectivity index (χ4v) is 2.33. The average Bonchev–Trinajstić information content (AvgIpc) is 2.24. The number of carbonyl (C=O) groups is 2. The zero-order valence-electron chi connectivity index (χ0n) is 10.3. The number of carboxylic acid groups (broad SMARTS) is 1. The topological polar surface area (TPSA) is 57.6 Å². The van der Waals surface area contributed by atoms with Crippen LogP contribution in [0.2, 0.25) is 0 Å². The first-order valence-corrected chi connectivity index (χ1v) is 5.77. The van der Waals surface area contributed by atoms with Crippen LogP contribution in [0.15, 0.2) is 0 Å². The zero-order chi connectivity index (χ0) is 12.3. The van der Waals surface area contributed by atoms with Crippen molar-refractivity contribution in [3.05, 3.63) is 0 Å². The molecule has 1 aliphatic heterocycles. The van der Waals surface area contributed by atoms with Crippen molar-refractivity contribution in [2.75, 3.05) is 13.1 Å². The van der Waals surface area contributed by atoms with Crippen molar-refractivity contribution in [1.29, 1.82) is 0 Å². The van der Waals surface area contributed by atoms with Gasteiger partial charge in [-0.1, -0.05) is 20.8 Å². The van der Waals surface area contributed by atoms with E-state index in [9.17, 15) is 9.59 Å². The predicted octanol–water partition coefficient (Wildman–Crippen LogP) is 2.38. The molecule has 1 aliphatic rings. The predicted molar refractivity (Wildman–Crippen MR) is 61.4 cm³/mol. The van der Waals surface area contributed by atoms with Crippen LogP contribution < -0.4 is 0 Å². The van der Waals surface area contributed by atoms with Crippen molar-refractivity contribution < 1.29 is 14.7 Å². The van der Waals surface area contributed by atoms with E-state index in [0.29, 0.717) is 25.9 Å². The number of hydrogen-bond acceptors (Lipinski definition) is 2. The highest BCUT2D eigenvalue weighted by atomic mass is 16.4. The van der Waals surface area contributed by atoms with Gasteiger partial charge in [0.2, 0.25) is 0 Å². The molecule has 0 aliphatic carbocycles. The molecule has 1 atom stereocenters. The average molecular weight is 227 g/mol. The molecule has 0 aromatic rings. The molecule has 0 aromatic carbocycles. The smallest absolute Gasteiger partial charge is 0.407 e. The number of ketones is 1. The first-order valence-electron chi connectivity index (χ1n) is 5.77. The standard InChI is InChI=1S/C12H21NO3/c1-12(2,3)7-9-6-10(14)4-5-13(8-9)11(15)16/h9H,4-8H2,1-3H3,(H,15,16). The quantitative estimate of drug-likeness (QED) is 0.748. The maximum atomic E-state index is 11.5. The molecule has 1 unspecified atom stereocenters. The fourth-order valence-electron chi connectivity index (χ4n) is 2.33. The minimum atomic E-state index is -0.909. The van der Waals surface area contributed by atoms with Gasteiger partial charge in [0, 0.05) is 25.9 Å². The lowest BCUT2D eigenvalue weighted by Crippen LogP contribution is -2.34. The van der Waals surface area contributed by atoms with Crippen LogP contribution in [0.5, 0.6) is 0 Å². The minimum Gasteiger partial charge on any atom is -0.465 e. The lowest BCUT2D eigenvalue weighted by atomic mass is 9.82. The minimum absolute atomic E-state index is 0.138. The molecule has 0 spiro atoms. The van der Waals surface area contributed by atoms with Gasteiger partial charge in [-0.15, -0.1) is 0 Å². The molecule has 0 radical (unpaired) electrons. The maximum absolute atomic E-state index is 11.5. The van der Waals surface area contributed by atoms with Crippen LogP contribution in [0, 0.1) is 11.3 Å². The third kappa shape index (κ3) is 4.21. The lowest BCUT2D eigenvalue weighted by Gasteiger charge is -2.27. The van der Waals surface area contributed by atoms with Crippen molar-refractivity contribution in [2.24, 2.45) is 11.3 Å². The van der Waals surface area contributed by atoms with E-state index in [0.717, 1.165) is 6.42 Å². The molecule has 1 saturated heterocycles. The third-order valence-electron chi connectivity index (χ3n) is 2.83. The summed E-state index contributed by atoms with van der Waals surface area (Å²) in [5.41, 5.74) is 0.138. The van der Waals surface area contributed by atoms with Gasteiger partial charge in [0.25, 0.3) is 0 Å². The summed E-state index contributed by atoms with van der Waals surface area (Å²) < 4.78 is 0. The summed E-state index contributed by atoms with van der Waals surface area (Å²) in [6.07, 6.45) is 0.880. The summed E-state index contributed by atoms with van der Waals surface area (Å²) in [7, 11) is 0. The summed E-state index contributed by atoms with van der Waals surface area (Å²) in [4.78, 5) is 23.8. The molecule has 1 N–H and O–H groups in total. The molecule has 16 heavy (non-hydrogen) atoms. The normalized spacial score (nSPS) is 23.1. The van der Waals surface area contributed by atoms with E-state index in [4.69, 9.17) is 5.11 Å². The second kappa shape index (κ2) is 4.85. The molecular formula is C12H21NO3. The molecule has 0 aromatic heterocycles. The number of Topliss-reactive ketones (excluding diaryl/α,β-unsaturated/α-hetero) is 1. The van der Waals surface area contributed by atoms with Gasteiger partial charge in [-0.2, -0.15) is 0 Å². The van der Waals surface area contributed by atoms with Gasteiger partial charge in [-0.3, -0.25) is 4.79 Å². The molecule has 1 fully saturated rings. The van der Waals surface area contributed by atoms with Gasteiger partial charge in [-0.05, 0) is 17.8 Å². The molecule has 92 valence electrons. The van der Waals surface area contributed by atoms with Crippen LogP contribution in [0.25, 0.3) is 0 Å². The van der Waals surface area contributed by atoms with Crippen LogP contribution in [-0.2, 0) is 4.79 Å². The van der Waals surface area contributed by atoms with Crippen LogP contribution in [0.4, 0.5) is 4.79 Å². The molecule has 1 amide bonds. The van der Waals surface area contributed by atoms with Gasteiger partial charge in [0.15, 0.2) is 0 Å². The van der Waals surface area contributed by atoms with E-state index in [2.05, 4.69) is 20.8 Å². The van der Waals surface area contributed by atoms with Crippen LogP contribution in [0.1, 0.15) is 40.0 Å².